The van der Waals surface area contributed by atoms with Crippen LogP contribution in [-0.2, 0) is 14.3 Å². The fourth-order valence-corrected chi connectivity index (χ4v) is 7.04. The van der Waals surface area contributed by atoms with E-state index in [1.54, 1.807) is 31.9 Å². The van der Waals surface area contributed by atoms with Gasteiger partial charge in [0.2, 0.25) is 11.8 Å². The van der Waals surface area contributed by atoms with Gasteiger partial charge < -0.3 is 15.0 Å². The Morgan fingerprint density at radius 3 is 2.44 bits per heavy atom. The van der Waals surface area contributed by atoms with E-state index in [1.807, 2.05) is 41.3 Å². The fourth-order valence-electron chi connectivity index (χ4n) is 7.04. The Hall–Kier alpha value is -5.00. The number of nitrogens with one attached hydrogen (secondary N) is 2. The molecule has 5 heterocycles. The largest absolute Gasteiger partial charge is 0.381 e. The highest BCUT2D eigenvalue weighted by Gasteiger charge is 2.34. The highest BCUT2D eigenvalue weighted by atomic mass is 16.5. The van der Waals surface area contributed by atoms with Crippen molar-refractivity contribution in [2.24, 2.45) is 5.92 Å². The molecule has 2 unspecified atom stereocenters. The van der Waals surface area contributed by atoms with E-state index >= 15 is 0 Å². The molecule has 11 nitrogen and oxygen atoms in total. The molecule has 7 rings (SSSR count). The van der Waals surface area contributed by atoms with Crippen molar-refractivity contribution in [3.8, 4) is 22.6 Å². The number of H-pyrrole nitrogens is 1. The monoisotopic (exact) mass is 644 g/mol. The molecule has 2 aliphatic heterocycles. The summed E-state index contributed by atoms with van der Waals surface area (Å²) in [5, 5.41) is 11.6. The van der Waals surface area contributed by atoms with Crippen molar-refractivity contribution < 1.29 is 14.3 Å². The van der Waals surface area contributed by atoms with E-state index in [-0.39, 0.29) is 17.9 Å². The number of carbonyl (C=O) groups excluding carboxylic acids is 2. The minimum atomic E-state index is -0.417. The normalized spacial score (nSPS) is 19.2. The number of carbonyl (C=O) groups is 2. The summed E-state index contributed by atoms with van der Waals surface area (Å²) in [4.78, 5) is 44.2. The summed E-state index contributed by atoms with van der Waals surface area (Å²) in [6.45, 7) is 2.96. The minimum absolute atomic E-state index is 0.111. The predicted molar refractivity (Wildman–Crippen MR) is 184 cm³/mol. The molecule has 11 heteroatoms. The predicted octanol–water partition coefficient (Wildman–Crippen LogP) is 5.15. The quantitative estimate of drug-likeness (QED) is 0.237. The van der Waals surface area contributed by atoms with Crippen molar-refractivity contribution in [3.05, 3.63) is 91.0 Å². The number of methoxy groups -OCH3 is 1. The van der Waals surface area contributed by atoms with E-state index in [0.717, 1.165) is 78.9 Å². The molecule has 2 aromatic carbocycles. The van der Waals surface area contributed by atoms with Crippen molar-refractivity contribution >= 4 is 28.4 Å². The Bertz CT molecular complexity index is 1840. The molecule has 0 aliphatic carbocycles. The van der Waals surface area contributed by atoms with E-state index in [1.165, 1.54) is 5.56 Å². The molecule has 2 amide bonds. The molecule has 0 saturated carbocycles. The molecule has 0 spiro atoms. The van der Waals surface area contributed by atoms with Gasteiger partial charge in [-0.25, -0.2) is 9.97 Å². The van der Waals surface area contributed by atoms with Gasteiger partial charge >= 0.3 is 0 Å². The Balaban J connectivity index is 0.963. The summed E-state index contributed by atoms with van der Waals surface area (Å²) in [6.07, 6.45) is 10.2. The molecule has 0 radical (unpaired) electrons. The summed E-state index contributed by atoms with van der Waals surface area (Å²) >= 11 is 0. The highest BCUT2D eigenvalue weighted by molar-refractivity contribution is 5.99. The zero-order chi connectivity index (χ0) is 32.9. The van der Waals surface area contributed by atoms with Crippen LogP contribution in [-0.4, -0.2) is 92.7 Å². The number of rotatable bonds is 8. The fraction of sp³-hybridized carbons (Fsp3) is 0.351. The zero-order valence-electron chi connectivity index (χ0n) is 27.1. The van der Waals surface area contributed by atoms with E-state index < -0.39 is 5.92 Å². The number of hydrogen-bond donors (Lipinski definition) is 2. The first kappa shape index (κ1) is 31.6. The molecule has 0 bridgehead atoms. The number of aromatic amines is 1. The molecule has 2 fully saturated rings. The lowest BCUT2D eigenvalue weighted by atomic mass is 9.89. The van der Waals surface area contributed by atoms with E-state index in [2.05, 4.69) is 59.6 Å². The lowest BCUT2D eigenvalue weighted by Gasteiger charge is -2.34. The molecule has 48 heavy (non-hydrogen) atoms. The van der Waals surface area contributed by atoms with Gasteiger partial charge in [-0.2, -0.15) is 5.10 Å². The molecule has 2 saturated heterocycles. The maximum Gasteiger partial charge on any atom is 0.236 e. The van der Waals surface area contributed by atoms with Crippen LogP contribution in [0.3, 0.4) is 0 Å². The van der Waals surface area contributed by atoms with Crippen LogP contribution in [0.5, 0.6) is 0 Å². The first-order valence-electron chi connectivity index (χ1n) is 16.7. The number of anilines is 1. The number of fused-ring (bicyclic) bond motifs is 1. The van der Waals surface area contributed by atoms with Crippen molar-refractivity contribution in [1.29, 1.82) is 0 Å². The minimum Gasteiger partial charge on any atom is -0.381 e. The summed E-state index contributed by atoms with van der Waals surface area (Å²) in [7, 11) is 1.66. The molecule has 246 valence electrons. The smallest absolute Gasteiger partial charge is 0.236 e. The van der Waals surface area contributed by atoms with Gasteiger partial charge in [-0.15, -0.1) is 0 Å². The zero-order valence-corrected chi connectivity index (χ0v) is 27.1. The van der Waals surface area contributed by atoms with Gasteiger partial charge in [-0.05, 0) is 80.1 Å². The molecule has 5 aromatic rings. The van der Waals surface area contributed by atoms with Crippen LogP contribution in [0.1, 0.15) is 37.2 Å². The molecule has 2 N–H and O–H groups in total. The van der Waals surface area contributed by atoms with Crippen LogP contribution in [0.2, 0.25) is 0 Å². The Morgan fingerprint density at radius 1 is 0.917 bits per heavy atom. The Kier molecular flexibility index (Phi) is 9.48. The summed E-state index contributed by atoms with van der Waals surface area (Å²) < 4.78 is 5.82. The lowest BCUT2D eigenvalue weighted by Crippen LogP contribution is -2.46. The van der Waals surface area contributed by atoms with Crippen LogP contribution in [0.15, 0.2) is 85.5 Å². The summed E-state index contributed by atoms with van der Waals surface area (Å²) in [5.74, 6) is 0.727. The number of piperidine rings is 1. The van der Waals surface area contributed by atoms with Crippen molar-refractivity contribution in [3.63, 3.8) is 0 Å². The van der Waals surface area contributed by atoms with Gasteiger partial charge in [-0.1, -0.05) is 24.3 Å². The first-order chi connectivity index (χ1) is 23.6. The number of aromatic nitrogens is 5. The van der Waals surface area contributed by atoms with Crippen LogP contribution >= 0.6 is 0 Å². The summed E-state index contributed by atoms with van der Waals surface area (Å²) in [5.41, 5.74) is 5.61. The van der Waals surface area contributed by atoms with Crippen molar-refractivity contribution in [2.75, 3.05) is 45.2 Å². The lowest BCUT2D eigenvalue weighted by molar-refractivity contribution is -0.134. The van der Waals surface area contributed by atoms with Gasteiger partial charge in [0, 0.05) is 73.7 Å². The maximum absolute atomic E-state index is 13.8. The van der Waals surface area contributed by atoms with Gasteiger partial charge in [0.25, 0.3) is 0 Å². The maximum atomic E-state index is 13.8. The summed E-state index contributed by atoms with van der Waals surface area (Å²) in [6, 6.07) is 19.9. The van der Waals surface area contributed by atoms with E-state index in [9.17, 15) is 9.59 Å². The van der Waals surface area contributed by atoms with Crippen molar-refractivity contribution in [1.82, 2.24) is 34.9 Å². The third-order valence-electron chi connectivity index (χ3n) is 9.70. The molecule has 2 atom stereocenters. The number of ether oxygens (including phenoxy) is 1. The number of amides is 2. The van der Waals surface area contributed by atoms with Crippen LogP contribution in [0, 0.1) is 5.92 Å². The van der Waals surface area contributed by atoms with Crippen LogP contribution < -0.4 is 5.32 Å². The molecular formula is C37H40N8O3. The Morgan fingerprint density at radius 2 is 1.69 bits per heavy atom. The SMILES string of the molecule is COC1CCCN(CC(=O)N2CCC(c3ccc(-c4ncccn4)cc3)CC2)CC1C(=O)Nc1ccc2[nH]nc(-c3ccncc3)c2c1. The number of benzene rings is 2. The van der Waals surface area contributed by atoms with Gasteiger partial charge in [0.05, 0.1) is 24.1 Å². The van der Waals surface area contributed by atoms with Crippen LogP contribution in [0.4, 0.5) is 5.69 Å². The molecular weight excluding hydrogens is 604 g/mol. The topological polar surface area (TPSA) is 129 Å². The molecule has 3 aromatic heterocycles. The van der Waals surface area contributed by atoms with Crippen molar-refractivity contribution in [2.45, 2.75) is 37.7 Å². The second kappa shape index (κ2) is 14.4. The van der Waals surface area contributed by atoms with E-state index in [4.69, 9.17) is 4.74 Å². The van der Waals surface area contributed by atoms with Gasteiger partial charge in [0.1, 0.15) is 5.69 Å². The average Bonchev–Trinajstić information content (AvgIpc) is 3.45. The number of nitrogens with zero attached hydrogens (tertiary/aromatic N) is 6. The number of pyridine rings is 1. The van der Waals surface area contributed by atoms with Gasteiger partial charge in [0.15, 0.2) is 5.82 Å². The van der Waals surface area contributed by atoms with Crippen LogP contribution in [0.25, 0.3) is 33.5 Å². The second-order valence-corrected chi connectivity index (χ2v) is 12.7. The van der Waals surface area contributed by atoms with E-state index in [0.29, 0.717) is 24.7 Å². The third-order valence-corrected chi connectivity index (χ3v) is 9.70. The first-order valence-corrected chi connectivity index (χ1v) is 16.7. The number of likely N-dealkylation sites (tertiary alicyclic amines) is 2. The second-order valence-electron chi connectivity index (χ2n) is 12.7. The standard InChI is InChI=1S/C37H40N8O3/c1-48-33-4-2-19-44(23-31(33)37(47)41-29-9-10-32-30(22-29)35(43-42-32)27-11-17-38-18-12-27)24-34(46)45-20-13-26(14-21-45)25-5-7-28(8-6-25)36-39-15-3-16-40-36/h3,5-12,15-18,22,26,31,33H,2,4,13-14,19-21,23-24H2,1H3,(H,41,47)(H,42,43). The third kappa shape index (κ3) is 6.97. The highest BCUT2D eigenvalue weighted by Crippen LogP contribution is 2.31. The van der Waals surface area contributed by atoms with Gasteiger partial charge in [-0.3, -0.25) is 24.6 Å². The average molecular weight is 645 g/mol. The Labute approximate surface area is 279 Å². The molecule has 2 aliphatic rings. The number of hydrogen-bond acceptors (Lipinski definition) is 8.